The molecule has 0 spiro atoms. The van der Waals surface area contributed by atoms with Gasteiger partial charge in [-0.05, 0) is 50.1 Å². The van der Waals surface area contributed by atoms with E-state index < -0.39 is 17.8 Å². The van der Waals surface area contributed by atoms with E-state index in [0.29, 0.717) is 5.82 Å². The lowest BCUT2D eigenvalue weighted by molar-refractivity contribution is 0.0526. The number of nitrogens with one attached hydrogen (secondary N) is 1. The summed E-state index contributed by atoms with van der Waals surface area (Å²) in [4.78, 5) is 42.9. The Bertz CT molecular complexity index is 1460. The van der Waals surface area contributed by atoms with Gasteiger partial charge >= 0.3 is 11.9 Å². The highest BCUT2D eigenvalue weighted by Crippen LogP contribution is 2.26. The summed E-state index contributed by atoms with van der Waals surface area (Å²) in [5, 5.41) is 8.05. The number of methoxy groups -OCH3 is 1. The zero-order chi connectivity index (χ0) is 25.1. The molecule has 35 heavy (non-hydrogen) atoms. The summed E-state index contributed by atoms with van der Waals surface area (Å²) in [7, 11) is 1.24. The predicted molar refractivity (Wildman–Crippen MR) is 130 cm³/mol. The van der Waals surface area contributed by atoms with Crippen LogP contribution in [-0.2, 0) is 9.47 Å². The lowest BCUT2D eigenvalue weighted by atomic mass is 10.1. The summed E-state index contributed by atoms with van der Waals surface area (Å²) in [6.45, 7) is 5.74. The van der Waals surface area contributed by atoms with Gasteiger partial charge in [0.15, 0.2) is 11.6 Å². The number of pyridine rings is 1. The molecule has 0 fully saturated rings. The van der Waals surface area contributed by atoms with E-state index in [1.807, 2.05) is 38.1 Å². The zero-order valence-corrected chi connectivity index (χ0v) is 19.8. The number of carbonyl (C=O) groups is 3. The Morgan fingerprint density at radius 2 is 1.69 bits per heavy atom. The van der Waals surface area contributed by atoms with E-state index in [1.54, 1.807) is 19.1 Å². The van der Waals surface area contributed by atoms with E-state index in [0.717, 1.165) is 22.0 Å². The normalized spacial score (nSPS) is 10.7. The lowest BCUT2D eigenvalue weighted by Gasteiger charge is -2.14. The molecule has 0 aliphatic carbocycles. The second-order valence-corrected chi connectivity index (χ2v) is 7.80. The van der Waals surface area contributed by atoms with Crippen LogP contribution in [0.5, 0.6) is 0 Å². The molecule has 178 valence electrons. The fourth-order valence-electron chi connectivity index (χ4n) is 3.80. The molecular weight excluding hydrogens is 448 g/mol. The molecule has 2 aromatic heterocycles. The van der Waals surface area contributed by atoms with Crippen LogP contribution < -0.4 is 5.32 Å². The molecule has 0 saturated heterocycles. The second kappa shape index (κ2) is 9.76. The Balaban J connectivity index is 1.85. The first kappa shape index (κ1) is 23.6. The molecule has 0 aliphatic rings. The number of fused-ring (bicyclic) bond motifs is 1. The third-order valence-electron chi connectivity index (χ3n) is 5.53. The van der Waals surface area contributed by atoms with Crippen molar-refractivity contribution >= 4 is 34.6 Å². The highest BCUT2D eigenvalue weighted by Gasteiger charge is 2.25. The summed E-state index contributed by atoms with van der Waals surface area (Å²) in [6, 6.07) is 14.0. The summed E-state index contributed by atoms with van der Waals surface area (Å²) in [5.74, 6) is -1.43. The summed E-state index contributed by atoms with van der Waals surface area (Å²) >= 11 is 0. The Labute approximate surface area is 201 Å². The van der Waals surface area contributed by atoms with E-state index in [1.165, 1.54) is 30.1 Å². The summed E-state index contributed by atoms with van der Waals surface area (Å²) in [6.07, 6.45) is 1.32. The summed E-state index contributed by atoms with van der Waals surface area (Å²) in [5.41, 5.74) is 2.94. The third-order valence-corrected chi connectivity index (χ3v) is 5.53. The highest BCUT2D eigenvalue weighted by molar-refractivity contribution is 6.12. The molecule has 9 heteroatoms. The molecule has 2 heterocycles. The standard InChI is InChI=1S/C26H24N4O5/c1-5-35-26(33)20-14-27-30(21-13-16(3)17-12-8-9-15(2)22(17)28-21)23(20)29-24(31)18-10-6-7-11-19(18)25(32)34-4/h6-14H,5H2,1-4H3,(H,29,31). The number of para-hydroxylation sites is 1. The molecule has 4 aromatic rings. The molecule has 9 nitrogen and oxygen atoms in total. The van der Waals surface area contributed by atoms with Crippen LogP contribution in [0.4, 0.5) is 5.82 Å². The van der Waals surface area contributed by atoms with Crippen LogP contribution >= 0.6 is 0 Å². The third kappa shape index (κ3) is 4.48. The van der Waals surface area contributed by atoms with Gasteiger partial charge in [-0.25, -0.2) is 14.6 Å². The Morgan fingerprint density at radius 1 is 0.943 bits per heavy atom. The average molecular weight is 473 g/mol. The number of carbonyl (C=O) groups excluding carboxylic acids is 3. The molecule has 0 saturated carbocycles. The number of benzene rings is 2. The number of anilines is 1. The van der Waals surface area contributed by atoms with Gasteiger partial charge < -0.3 is 14.8 Å². The first-order chi connectivity index (χ1) is 16.8. The van der Waals surface area contributed by atoms with Gasteiger partial charge in [-0.15, -0.1) is 0 Å². The van der Waals surface area contributed by atoms with Crippen molar-refractivity contribution in [3.63, 3.8) is 0 Å². The van der Waals surface area contributed by atoms with E-state index in [2.05, 4.69) is 10.4 Å². The quantitative estimate of drug-likeness (QED) is 0.417. The van der Waals surface area contributed by atoms with Gasteiger partial charge in [0.25, 0.3) is 5.91 Å². The molecule has 0 unspecified atom stereocenters. The number of ether oxygens (including phenoxy) is 2. The van der Waals surface area contributed by atoms with Gasteiger partial charge in [-0.1, -0.05) is 30.3 Å². The van der Waals surface area contributed by atoms with Crippen molar-refractivity contribution in [2.24, 2.45) is 0 Å². The minimum Gasteiger partial charge on any atom is -0.465 e. The lowest BCUT2D eigenvalue weighted by Crippen LogP contribution is -2.21. The van der Waals surface area contributed by atoms with Crippen molar-refractivity contribution in [1.29, 1.82) is 0 Å². The monoisotopic (exact) mass is 472 g/mol. The maximum atomic E-state index is 13.3. The molecular formula is C26H24N4O5. The molecule has 0 aliphatic heterocycles. The fraction of sp³-hybridized carbons (Fsp3) is 0.192. The average Bonchev–Trinajstić information content (AvgIpc) is 3.27. The van der Waals surface area contributed by atoms with Crippen molar-refractivity contribution in [2.45, 2.75) is 20.8 Å². The number of amides is 1. The minimum atomic E-state index is -0.655. The van der Waals surface area contributed by atoms with Crippen LogP contribution in [0.2, 0.25) is 0 Å². The second-order valence-electron chi connectivity index (χ2n) is 7.80. The topological polar surface area (TPSA) is 112 Å². The zero-order valence-electron chi connectivity index (χ0n) is 19.8. The van der Waals surface area contributed by atoms with Crippen LogP contribution in [0.3, 0.4) is 0 Å². The van der Waals surface area contributed by atoms with Crippen molar-refractivity contribution in [3.05, 3.63) is 82.5 Å². The number of hydrogen-bond donors (Lipinski definition) is 1. The van der Waals surface area contributed by atoms with E-state index in [-0.39, 0.29) is 29.1 Å². The van der Waals surface area contributed by atoms with Gasteiger partial charge in [0.2, 0.25) is 0 Å². The first-order valence-electron chi connectivity index (χ1n) is 11.0. The number of aryl methyl sites for hydroxylation is 2. The van der Waals surface area contributed by atoms with Crippen LogP contribution in [0.15, 0.2) is 54.7 Å². The van der Waals surface area contributed by atoms with Gasteiger partial charge in [-0.3, -0.25) is 4.79 Å². The first-order valence-corrected chi connectivity index (χ1v) is 11.0. The van der Waals surface area contributed by atoms with Crippen LogP contribution in [-0.4, -0.2) is 46.3 Å². The van der Waals surface area contributed by atoms with Crippen molar-refractivity contribution in [3.8, 4) is 5.82 Å². The van der Waals surface area contributed by atoms with Crippen molar-refractivity contribution < 1.29 is 23.9 Å². The smallest absolute Gasteiger partial charge is 0.343 e. The number of esters is 2. The molecule has 1 amide bonds. The predicted octanol–water partition coefficient (Wildman–Crippen LogP) is 4.25. The van der Waals surface area contributed by atoms with Crippen molar-refractivity contribution in [1.82, 2.24) is 14.8 Å². The number of nitrogens with zero attached hydrogens (tertiary/aromatic N) is 3. The van der Waals surface area contributed by atoms with E-state index >= 15 is 0 Å². The Morgan fingerprint density at radius 3 is 2.40 bits per heavy atom. The number of hydrogen-bond acceptors (Lipinski definition) is 7. The molecule has 0 bridgehead atoms. The number of rotatable bonds is 6. The largest absolute Gasteiger partial charge is 0.465 e. The molecule has 0 atom stereocenters. The maximum Gasteiger partial charge on any atom is 0.343 e. The van der Waals surface area contributed by atoms with Crippen LogP contribution in [0, 0.1) is 13.8 Å². The molecule has 0 radical (unpaired) electrons. The SMILES string of the molecule is CCOC(=O)c1cnn(-c2cc(C)c3cccc(C)c3n2)c1NC(=O)c1ccccc1C(=O)OC. The fourth-order valence-corrected chi connectivity index (χ4v) is 3.80. The van der Waals surface area contributed by atoms with Crippen molar-refractivity contribution in [2.75, 3.05) is 19.0 Å². The summed E-state index contributed by atoms with van der Waals surface area (Å²) < 4.78 is 11.3. The van der Waals surface area contributed by atoms with E-state index in [9.17, 15) is 14.4 Å². The van der Waals surface area contributed by atoms with E-state index in [4.69, 9.17) is 14.5 Å². The maximum absolute atomic E-state index is 13.3. The van der Waals surface area contributed by atoms with Crippen LogP contribution in [0.25, 0.3) is 16.7 Å². The molecule has 1 N–H and O–H groups in total. The van der Waals surface area contributed by atoms with Gasteiger partial charge in [0.05, 0.1) is 36.6 Å². The Hall–Kier alpha value is -4.53. The van der Waals surface area contributed by atoms with Gasteiger partial charge in [-0.2, -0.15) is 9.78 Å². The number of aromatic nitrogens is 3. The Kier molecular flexibility index (Phi) is 6.59. The highest BCUT2D eigenvalue weighted by atomic mass is 16.5. The minimum absolute atomic E-state index is 0.0556. The molecule has 2 aromatic carbocycles. The van der Waals surface area contributed by atoms with Gasteiger partial charge in [0.1, 0.15) is 5.56 Å². The molecule has 4 rings (SSSR count). The van der Waals surface area contributed by atoms with Crippen LogP contribution in [0.1, 0.15) is 49.1 Å². The van der Waals surface area contributed by atoms with Gasteiger partial charge in [0, 0.05) is 5.39 Å².